The van der Waals surface area contributed by atoms with Crippen molar-refractivity contribution in [2.45, 2.75) is 6.92 Å². The van der Waals surface area contributed by atoms with Crippen LogP contribution in [0.4, 0.5) is 0 Å². The van der Waals surface area contributed by atoms with Crippen LogP contribution in [0.1, 0.15) is 5.56 Å². The average molecular weight is 588 g/mol. The second-order valence-corrected chi connectivity index (χ2v) is 12.2. The molecule has 8 aromatic carbocycles. The number of carbonyl (C=O) groups excluding carboxylic acids is 1. The molecule has 2 heteroatoms. The summed E-state index contributed by atoms with van der Waals surface area (Å²) in [6, 6.07) is 54.3. The molecular formula is C44H29NO. The van der Waals surface area contributed by atoms with E-state index in [0.29, 0.717) is 0 Å². The Morgan fingerprint density at radius 2 is 0.935 bits per heavy atom. The van der Waals surface area contributed by atoms with Crippen LogP contribution in [0, 0.1) is 6.92 Å². The van der Waals surface area contributed by atoms with E-state index >= 15 is 0 Å². The Bertz CT molecular complexity index is 2640. The van der Waals surface area contributed by atoms with E-state index < -0.39 is 0 Å². The fraction of sp³-hybridized carbons (Fsp3) is 0.0227. The van der Waals surface area contributed by atoms with Crippen LogP contribution in [0.3, 0.4) is 0 Å². The van der Waals surface area contributed by atoms with E-state index in [0.717, 1.165) is 50.5 Å². The third-order valence-corrected chi connectivity index (χ3v) is 9.64. The van der Waals surface area contributed by atoms with Crippen LogP contribution in [0.5, 0.6) is 0 Å². The molecule has 0 aliphatic carbocycles. The van der Waals surface area contributed by atoms with Gasteiger partial charge in [-0.1, -0.05) is 127 Å². The number of para-hydroxylation sites is 2. The van der Waals surface area contributed by atoms with Crippen LogP contribution in [-0.4, -0.2) is 11.0 Å². The van der Waals surface area contributed by atoms with Gasteiger partial charge < -0.3 is 0 Å². The van der Waals surface area contributed by atoms with Crippen molar-refractivity contribution in [1.82, 2.24) is 4.57 Å². The first kappa shape index (κ1) is 26.4. The first-order valence-corrected chi connectivity index (χ1v) is 15.7. The Morgan fingerprint density at radius 1 is 0.413 bits per heavy atom. The van der Waals surface area contributed by atoms with Crippen molar-refractivity contribution in [2.24, 2.45) is 0 Å². The summed E-state index contributed by atoms with van der Waals surface area (Å²) in [5.41, 5.74) is 9.92. The maximum atomic E-state index is 12.4. The number of benzene rings is 8. The first-order valence-electron chi connectivity index (χ1n) is 15.7. The summed E-state index contributed by atoms with van der Waals surface area (Å²) in [4.78, 5) is 12.4. The lowest BCUT2D eigenvalue weighted by Crippen LogP contribution is -1.96. The minimum absolute atomic E-state index is 0.928. The summed E-state index contributed by atoms with van der Waals surface area (Å²) in [5.74, 6) is 0. The standard InChI is InChI=1S/C44H29NO/c1-28-20-21-31(25-41(28)40-18-9-17-39-38-16-6-7-19-43(38)45(27-46)44(39)40)29-10-8-11-30(24-29)32-22-23-37-35-14-3-2-12-33(35)34-13-4-5-15-36(34)42(37)26-32/h2-27H,1H3. The van der Waals surface area contributed by atoms with Crippen LogP contribution in [0.25, 0.3) is 87.5 Å². The molecule has 0 aliphatic rings. The molecule has 0 saturated carbocycles. The van der Waals surface area contributed by atoms with Crippen LogP contribution < -0.4 is 0 Å². The zero-order chi connectivity index (χ0) is 30.8. The van der Waals surface area contributed by atoms with Crippen molar-refractivity contribution in [3.63, 3.8) is 0 Å². The molecule has 46 heavy (non-hydrogen) atoms. The molecule has 0 atom stereocenters. The topological polar surface area (TPSA) is 22.0 Å². The molecule has 0 bridgehead atoms. The molecule has 2 nitrogen and oxygen atoms in total. The Balaban J connectivity index is 1.19. The Morgan fingerprint density at radius 3 is 1.63 bits per heavy atom. The highest BCUT2D eigenvalue weighted by Gasteiger charge is 2.16. The van der Waals surface area contributed by atoms with Crippen LogP contribution in [0.15, 0.2) is 152 Å². The van der Waals surface area contributed by atoms with Crippen molar-refractivity contribution in [1.29, 1.82) is 0 Å². The minimum Gasteiger partial charge on any atom is -0.282 e. The summed E-state index contributed by atoms with van der Waals surface area (Å²) >= 11 is 0. The highest BCUT2D eigenvalue weighted by Crippen LogP contribution is 2.40. The molecule has 0 N–H and O–H groups in total. The van der Waals surface area contributed by atoms with Crippen molar-refractivity contribution in [3.05, 3.63) is 157 Å². The van der Waals surface area contributed by atoms with E-state index in [2.05, 4.69) is 140 Å². The smallest absolute Gasteiger partial charge is 0.218 e. The molecule has 216 valence electrons. The van der Waals surface area contributed by atoms with Gasteiger partial charge in [-0.15, -0.1) is 0 Å². The highest BCUT2D eigenvalue weighted by atomic mass is 16.1. The molecule has 0 spiro atoms. The van der Waals surface area contributed by atoms with Gasteiger partial charge in [-0.2, -0.15) is 0 Å². The van der Waals surface area contributed by atoms with Crippen LogP contribution >= 0.6 is 0 Å². The SMILES string of the molecule is Cc1ccc(-c2cccc(-c3ccc4c5ccccc5c5ccccc5c4c3)c2)cc1-c1cccc2c3ccccc3n(C=O)c12. The summed E-state index contributed by atoms with van der Waals surface area (Å²) in [6.45, 7) is 2.14. The Kier molecular flexibility index (Phi) is 5.91. The number of aryl methyl sites for hydroxylation is 1. The number of hydrogen-bond acceptors (Lipinski definition) is 1. The van der Waals surface area contributed by atoms with Crippen LogP contribution in [-0.2, 0) is 4.79 Å². The van der Waals surface area contributed by atoms with Gasteiger partial charge in [-0.25, -0.2) is 0 Å². The minimum atomic E-state index is 0.928. The highest BCUT2D eigenvalue weighted by molar-refractivity contribution is 6.25. The maximum Gasteiger partial charge on any atom is 0.218 e. The van der Waals surface area contributed by atoms with Gasteiger partial charge in [0.15, 0.2) is 0 Å². The van der Waals surface area contributed by atoms with Gasteiger partial charge in [0.25, 0.3) is 0 Å². The van der Waals surface area contributed by atoms with E-state index in [1.54, 1.807) is 4.57 Å². The molecule has 9 aromatic rings. The van der Waals surface area contributed by atoms with Crippen LogP contribution in [0.2, 0.25) is 0 Å². The zero-order valence-electron chi connectivity index (χ0n) is 25.4. The van der Waals surface area contributed by atoms with Gasteiger partial charge in [-0.05, 0) is 96.9 Å². The number of hydrogen-bond donors (Lipinski definition) is 0. The van der Waals surface area contributed by atoms with E-state index in [1.165, 1.54) is 49.0 Å². The molecule has 9 rings (SSSR count). The zero-order valence-corrected chi connectivity index (χ0v) is 25.4. The second kappa shape index (κ2) is 10.3. The quantitative estimate of drug-likeness (QED) is 0.148. The van der Waals surface area contributed by atoms with Gasteiger partial charge in [0.1, 0.15) is 0 Å². The number of rotatable bonds is 4. The molecule has 0 radical (unpaired) electrons. The Labute approximate surface area is 266 Å². The van der Waals surface area contributed by atoms with Gasteiger partial charge in [0.05, 0.1) is 11.0 Å². The number of fused-ring (bicyclic) bond motifs is 9. The summed E-state index contributed by atoms with van der Waals surface area (Å²) in [7, 11) is 0. The largest absolute Gasteiger partial charge is 0.282 e. The van der Waals surface area contributed by atoms with Crippen molar-refractivity contribution in [3.8, 4) is 33.4 Å². The Hall–Kier alpha value is -5.99. The number of nitrogens with zero attached hydrogens (tertiary/aromatic N) is 1. The lowest BCUT2D eigenvalue weighted by molar-refractivity contribution is 0.550. The van der Waals surface area contributed by atoms with Crippen molar-refractivity contribution < 1.29 is 4.79 Å². The van der Waals surface area contributed by atoms with Gasteiger partial charge in [-0.3, -0.25) is 9.36 Å². The fourth-order valence-corrected chi connectivity index (χ4v) is 7.44. The van der Waals surface area contributed by atoms with Gasteiger partial charge >= 0.3 is 0 Å². The lowest BCUT2D eigenvalue weighted by Gasteiger charge is -2.14. The summed E-state index contributed by atoms with van der Waals surface area (Å²) in [5, 5.41) is 9.86. The van der Waals surface area contributed by atoms with Gasteiger partial charge in [0.2, 0.25) is 6.41 Å². The number of aromatic nitrogens is 1. The van der Waals surface area contributed by atoms with Crippen molar-refractivity contribution in [2.75, 3.05) is 0 Å². The molecule has 0 unspecified atom stereocenters. The number of carbonyl (C=O) groups is 1. The van der Waals surface area contributed by atoms with E-state index in [1.807, 2.05) is 18.2 Å². The second-order valence-electron chi connectivity index (χ2n) is 12.2. The van der Waals surface area contributed by atoms with E-state index in [-0.39, 0.29) is 0 Å². The molecule has 0 aliphatic heterocycles. The monoisotopic (exact) mass is 587 g/mol. The average Bonchev–Trinajstić information content (AvgIpc) is 3.46. The molecule has 0 saturated heterocycles. The molecule has 1 aromatic heterocycles. The fourth-order valence-electron chi connectivity index (χ4n) is 7.44. The van der Waals surface area contributed by atoms with E-state index in [4.69, 9.17) is 0 Å². The maximum absolute atomic E-state index is 12.4. The molecule has 0 amide bonds. The van der Waals surface area contributed by atoms with E-state index in [9.17, 15) is 4.79 Å². The molecule has 0 fully saturated rings. The predicted molar refractivity (Wildman–Crippen MR) is 195 cm³/mol. The molecular weight excluding hydrogens is 558 g/mol. The summed E-state index contributed by atoms with van der Waals surface area (Å²) in [6.07, 6.45) is 0.937. The normalized spacial score (nSPS) is 11.7. The molecule has 1 heterocycles. The van der Waals surface area contributed by atoms with Crippen molar-refractivity contribution >= 4 is 60.5 Å². The summed E-state index contributed by atoms with van der Waals surface area (Å²) < 4.78 is 1.79. The first-order chi connectivity index (χ1) is 22.7. The third-order valence-electron chi connectivity index (χ3n) is 9.64. The third kappa shape index (κ3) is 3.94. The predicted octanol–water partition coefficient (Wildman–Crippen LogP) is 11.6. The lowest BCUT2D eigenvalue weighted by atomic mass is 9.90. The van der Waals surface area contributed by atoms with Gasteiger partial charge in [0, 0.05) is 16.3 Å².